The Bertz CT molecular complexity index is 870. The molecule has 1 N–H and O–H groups in total. The van der Waals surface area contributed by atoms with Crippen molar-refractivity contribution < 1.29 is 9.53 Å². The number of nitrogens with one attached hydrogen (secondary N) is 1. The van der Waals surface area contributed by atoms with Crippen LogP contribution in [0, 0.1) is 13.8 Å². The number of aryl methyl sites for hydroxylation is 2. The van der Waals surface area contributed by atoms with E-state index in [9.17, 15) is 4.79 Å². The lowest BCUT2D eigenvalue weighted by Gasteiger charge is -2.12. The maximum Gasteiger partial charge on any atom is 0.356 e. The number of benzene rings is 2. The predicted octanol–water partition coefficient (Wildman–Crippen LogP) is 4.38. The topological polar surface area (TPSA) is 51.2 Å². The number of rotatable bonds is 3. The molecule has 3 aromatic rings. The standard InChI is InChI=1S/C19H18N2O2/c1-12-4-7-14(8-5-12)20-17-11-18(19(22)23-3)21-16-9-6-13(2)10-15(16)17/h4-11H,1-3H3,(H,20,21). The van der Waals surface area contributed by atoms with Crippen molar-refractivity contribution in [2.24, 2.45) is 0 Å². The Hall–Kier alpha value is -2.88. The Labute approximate surface area is 135 Å². The van der Waals surface area contributed by atoms with Crippen LogP contribution in [0.15, 0.2) is 48.5 Å². The van der Waals surface area contributed by atoms with Gasteiger partial charge in [0.1, 0.15) is 0 Å². The quantitative estimate of drug-likeness (QED) is 0.729. The summed E-state index contributed by atoms with van der Waals surface area (Å²) in [6.45, 7) is 4.08. The van der Waals surface area contributed by atoms with Gasteiger partial charge in [-0.25, -0.2) is 9.78 Å². The van der Waals surface area contributed by atoms with E-state index in [4.69, 9.17) is 4.74 Å². The number of hydrogen-bond acceptors (Lipinski definition) is 4. The van der Waals surface area contributed by atoms with E-state index in [0.717, 1.165) is 27.8 Å². The number of ether oxygens (including phenoxy) is 1. The lowest BCUT2D eigenvalue weighted by atomic mass is 10.1. The van der Waals surface area contributed by atoms with Gasteiger partial charge < -0.3 is 10.1 Å². The van der Waals surface area contributed by atoms with Gasteiger partial charge >= 0.3 is 5.97 Å². The summed E-state index contributed by atoms with van der Waals surface area (Å²) < 4.78 is 4.80. The van der Waals surface area contributed by atoms with E-state index in [-0.39, 0.29) is 0 Å². The Balaban J connectivity index is 2.13. The van der Waals surface area contributed by atoms with Gasteiger partial charge in [0.05, 0.1) is 18.3 Å². The average molecular weight is 306 g/mol. The molecule has 0 saturated heterocycles. The second-order valence-corrected chi connectivity index (χ2v) is 5.56. The van der Waals surface area contributed by atoms with Crippen molar-refractivity contribution in [1.82, 2.24) is 4.98 Å². The molecule has 0 aliphatic carbocycles. The molecule has 116 valence electrons. The van der Waals surface area contributed by atoms with Crippen molar-refractivity contribution >= 4 is 28.2 Å². The summed E-state index contributed by atoms with van der Waals surface area (Å²) in [5, 5.41) is 4.34. The fourth-order valence-electron chi connectivity index (χ4n) is 2.44. The Morgan fingerprint density at radius 1 is 1.00 bits per heavy atom. The second-order valence-electron chi connectivity index (χ2n) is 5.56. The van der Waals surface area contributed by atoms with E-state index in [1.165, 1.54) is 12.7 Å². The number of esters is 1. The van der Waals surface area contributed by atoms with E-state index in [0.29, 0.717) is 5.69 Å². The maximum atomic E-state index is 11.9. The zero-order valence-electron chi connectivity index (χ0n) is 13.4. The summed E-state index contributed by atoms with van der Waals surface area (Å²) >= 11 is 0. The minimum Gasteiger partial charge on any atom is -0.464 e. The van der Waals surface area contributed by atoms with Gasteiger partial charge in [-0.15, -0.1) is 0 Å². The number of methoxy groups -OCH3 is 1. The number of anilines is 2. The lowest BCUT2D eigenvalue weighted by Crippen LogP contribution is -2.06. The number of pyridine rings is 1. The van der Waals surface area contributed by atoms with Crippen LogP contribution in [-0.2, 0) is 4.74 Å². The molecule has 0 bridgehead atoms. The molecule has 3 rings (SSSR count). The molecule has 0 fully saturated rings. The highest BCUT2D eigenvalue weighted by Crippen LogP contribution is 2.28. The first-order valence-electron chi connectivity index (χ1n) is 7.40. The molecule has 4 heteroatoms. The van der Waals surface area contributed by atoms with Crippen molar-refractivity contribution in [2.45, 2.75) is 13.8 Å². The molecule has 23 heavy (non-hydrogen) atoms. The van der Waals surface area contributed by atoms with Gasteiger partial charge in [0.25, 0.3) is 0 Å². The molecule has 1 aromatic heterocycles. The summed E-state index contributed by atoms with van der Waals surface area (Å²) in [7, 11) is 1.36. The van der Waals surface area contributed by atoms with Crippen molar-refractivity contribution in [2.75, 3.05) is 12.4 Å². The summed E-state index contributed by atoms with van der Waals surface area (Å²) in [6.07, 6.45) is 0. The van der Waals surface area contributed by atoms with Crippen LogP contribution in [0.4, 0.5) is 11.4 Å². The second kappa shape index (κ2) is 6.08. The largest absolute Gasteiger partial charge is 0.464 e. The average Bonchev–Trinajstić information content (AvgIpc) is 2.56. The highest BCUT2D eigenvalue weighted by Gasteiger charge is 2.12. The first-order valence-corrected chi connectivity index (χ1v) is 7.40. The molecule has 0 aliphatic heterocycles. The minimum atomic E-state index is -0.445. The Morgan fingerprint density at radius 3 is 2.39 bits per heavy atom. The summed E-state index contributed by atoms with van der Waals surface area (Å²) in [4.78, 5) is 16.2. The smallest absolute Gasteiger partial charge is 0.356 e. The monoisotopic (exact) mass is 306 g/mol. The first-order chi connectivity index (χ1) is 11.1. The van der Waals surface area contributed by atoms with E-state index >= 15 is 0 Å². The molecular formula is C19H18N2O2. The zero-order chi connectivity index (χ0) is 16.4. The third-order valence-electron chi connectivity index (χ3n) is 3.69. The zero-order valence-corrected chi connectivity index (χ0v) is 13.4. The van der Waals surface area contributed by atoms with Crippen LogP contribution in [0.25, 0.3) is 10.9 Å². The number of aromatic nitrogens is 1. The molecule has 1 heterocycles. The van der Waals surface area contributed by atoms with Gasteiger partial charge in [0.15, 0.2) is 5.69 Å². The fraction of sp³-hybridized carbons (Fsp3) is 0.158. The first kappa shape index (κ1) is 15.0. The van der Waals surface area contributed by atoms with Gasteiger partial charge in [0.2, 0.25) is 0 Å². The van der Waals surface area contributed by atoms with Crippen molar-refractivity contribution in [3.8, 4) is 0 Å². The molecule has 0 radical (unpaired) electrons. The molecule has 0 aliphatic rings. The van der Waals surface area contributed by atoms with Crippen LogP contribution in [0.5, 0.6) is 0 Å². The SMILES string of the molecule is COC(=O)c1cc(Nc2ccc(C)cc2)c2cc(C)ccc2n1. The minimum absolute atomic E-state index is 0.290. The van der Waals surface area contributed by atoms with E-state index in [1.807, 2.05) is 50.2 Å². The summed E-state index contributed by atoms with van der Waals surface area (Å²) in [5.41, 5.74) is 5.17. The van der Waals surface area contributed by atoms with Gasteiger partial charge in [-0.05, 0) is 44.2 Å². The van der Waals surface area contributed by atoms with Crippen LogP contribution in [0.2, 0.25) is 0 Å². The third kappa shape index (κ3) is 3.16. The molecule has 0 saturated carbocycles. The Kier molecular flexibility index (Phi) is 3.98. The number of nitrogens with zero attached hydrogens (tertiary/aromatic N) is 1. The fourth-order valence-corrected chi connectivity index (χ4v) is 2.44. The normalized spacial score (nSPS) is 10.6. The van der Waals surface area contributed by atoms with Crippen molar-refractivity contribution in [3.63, 3.8) is 0 Å². The van der Waals surface area contributed by atoms with Crippen LogP contribution in [-0.4, -0.2) is 18.1 Å². The molecule has 0 atom stereocenters. The highest BCUT2D eigenvalue weighted by atomic mass is 16.5. The lowest BCUT2D eigenvalue weighted by molar-refractivity contribution is 0.0594. The van der Waals surface area contributed by atoms with Gasteiger partial charge in [0, 0.05) is 11.1 Å². The predicted molar refractivity (Wildman–Crippen MR) is 92.3 cm³/mol. The summed E-state index contributed by atoms with van der Waals surface area (Å²) in [5.74, 6) is -0.445. The van der Waals surface area contributed by atoms with Gasteiger partial charge in [-0.1, -0.05) is 29.3 Å². The van der Waals surface area contributed by atoms with Crippen LogP contribution >= 0.6 is 0 Å². The number of fused-ring (bicyclic) bond motifs is 1. The molecular weight excluding hydrogens is 288 g/mol. The molecule has 2 aromatic carbocycles. The number of hydrogen-bond donors (Lipinski definition) is 1. The van der Waals surface area contributed by atoms with Gasteiger partial charge in [-0.3, -0.25) is 0 Å². The molecule has 0 amide bonds. The third-order valence-corrected chi connectivity index (χ3v) is 3.69. The van der Waals surface area contributed by atoms with Crippen molar-refractivity contribution in [1.29, 1.82) is 0 Å². The van der Waals surface area contributed by atoms with E-state index in [1.54, 1.807) is 6.07 Å². The highest BCUT2D eigenvalue weighted by molar-refractivity contribution is 5.99. The van der Waals surface area contributed by atoms with E-state index in [2.05, 4.69) is 16.4 Å². The van der Waals surface area contributed by atoms with Gasteiger partial charge in [-0.2, -0.15) is 0 Å². The molecule has 0 unspecified atom stereocenters. The number of carbonyl (C=O) groups excluding carboxylic acids is 1. The molecule has 0 spiro atoms. The summed E-state index contributed by atoms with van der Waals surface area (Å²) in [6, 6.07) is 15.8. The van der Waals surface area contributed by atoms with Crippen LogP contribution in [0.3, 0.4) is 0 Å². The van der Waals surface area contributed by atoms with E-state index < -0.39 is 5.97 Å². The Morgan fingerprint density at radius 2 is 1.70 bits per heavy atom. The van der Waals surface area contributed by atoms with Crippen molar-refractivity contribution in [3.05, 3.63) is 65.4 Å². The maximum absolute atomic E-state index is 11.9. The van der Waals surface area contributed by atoms with Crippen LogP contribution < -0.4 is 5.32 Å². The number of carbonyl (C=O) groups is 1. The van der Waals surface area contributed by atoms with Crippen LogP contribution in [0.1, 0.15) is 21.6 Å². The molecule has 4 nitrogen and oxygen atoms in total.